The van der Waals surface area contributed by atoms with Gasteiger partial charge >= 0.3 is 11.9 Å². The van der Waals surface area contributed by atoms with E-state index in [2.05, 4.69) is 13.8 Å². The predicted octanol–water partition coefficient (Wildman–Crippen LogP) is 4.25. The third-order valence-electron chi connectivity index (χ3n) is 3.71. The summed E-state index contributed by atoms with van der Waals surface area (Å²) < 4.78 is 10.3. The van der Waals surface area contributed by atoms with Gasteiger partial charge in [0.2, 0.25) is 0 Å². The number of esters is 2. The second-order valence-corrected chi connectivity index (χ2v) is 6.25. The van der Waals surface area contributed by atoms with Gasteiger partial charge in [-0.15, -0.1) is 0 Å². The highest BCUT2D eigenvalue weighted by molar-refractivity contribution is 5.83. The van der Waals surface area contributed by atoms with E-state index in [-0.39, 0.29) is 31.4 Å². The Bertz CT molecular complexity index is 691. The van der Waals surface area contributed by atoms with E-state index < -0.39 is 0 Å². The van der Waals surface area contributed by atoms with E-state index in [1.54, 1.807) is 0 Å². The molecule has 0 amide bonds. The molecule has 0 fully saturated rings. The van der Waals surface area contributed by atoms with Crippen LogP contribution in [0, 0.1) is 5.92 Å². The summed E-state index contributed by atoms with van der Waals surface area (Å²) >= 11 is 0. The first-order valence-electron chi connectivity index (χ1n) is 8.33. The molecule has 0 aliphatic rings. The smallest absolute Gasteiger partial charge is 0.306 e. The molecule has 0 heterocycles. The van der Waals surface area contributed by atoms with Gasteiger partial charge < -0.3 is 9.47 Å². The van der Waals surface area contributed by atoms with Crippen LogP contribution in [0.5, 0.6) is 0 Å². The van der Waals surface area contributed by atoms with Crippen molar-refractivity contribution >= 4 is 22.7 Å². The number of carbonyl (C=O) groups excluding carboxylic acids is 2. The lowest BCUT2D eigenvalue weighted by Gasteiger charge is -2.08. The Morgan fingerprint density at radius 3 is 2.29 bits per heavy atom. The second-order valence-electron chi connectivity index (χ2n) is 6.25. The molecule has 0 atom stereocenters. The monoisotopic (exact) mass is 328 g/mol. The van der Waals surface area contributed by atoms with Crippen LogP contribution in [-0.2, 0) is 25.7 Å². The Morgan fingerprint density at radius 1 is 0.917 bits per heavy atom. The van der Waals surface area contributed by atoms with Crippen molar-refractivity contribution in [2.45, 2.75) is 39.7 Å². The lowest BCUT2D eigenvalue weighted by molar-refractivity contribution is -0.151. The fourth-order valence-electron chi connectivity index (χ4n) is 2.25. The van der Waals surface area contributed by atoms with Crippen LogP contribution in [0.3, 0.4) is 0 Å². The summed E-state index contributed by atoms with van der Waals surface area (Å²) in [5.74, 6) is -0.244. The molecule has 0 saturated heterocycles. The van der Waals surface area contributed by atoms with Crippen molar-refractivity contribution in [1.29, 1.82) is 0 Å². The van der Waals surface area contributed by atoms with E-state index in [1.807, 2.05) is 42.5 Å². The van der Waals surface area contributed by atoms with Crippen LogP contribution in [0.15, 0.2) is 42.5 Å². The van der Waals surface area contributed by atoms with Gasteiger partial charge in [0.1, 0.15) is 6.61 Å². The third kappa shape index (κ3) is 6.03. The average molecular weight is 328 g/mol. The van der Waals surface area contributed by atoms with Gasteiger partial charge in [-0.2, -0.15) is 0 Å². The van der Waals surface area contributed by atoms with Crippen LogP contribution in [0.2, 0.25) is 0 Å². The number of rotatable bonds is 8. The van der Waals surface area contributed by atoms with Gasteiger partial charge in [-0.05, 0) is 34.7 Å². The highest BCUT2D eigenvalue weighted by Gasteiger charge is 2.10. The quantitative estimate of drug-likeness (QED) is 0.680. The fraction of sp³-hybridized carbons (Fsp3) is 0.400. The van der Waals surface area contributed by atoms with Crippen LogP contribution in [-0.4, -0.2) is 18.5 Å². The van der Waals surface area contributed by atoms with Crippen LogP contribution in [0.25, 0.3) is 10.8 Å². The largest absolute Gasteiger partial charge is 0.466 e. The number of fused-ring (bicyclic) bond motifs is 1. The summed E-state index contributed by atoms with van der Waals surface area (Å²) in [6.07, 6.45) is 0.945. The van der Waals surface area contributed by atoms with Crippen molar-refractivity contribution in [1.82, 2.24) is 0 Å². The molecule has 0 aliphatic carbocycles. The van der Waals surface area contributed by atoms with Crippen molar-refractivity contribution in [2.24, 2.45) is 5.92 Å². The summed E-state index contributed by atoms with van der Waals surface area (Å²) in [4.78, 5) is 23.3. The molecule has 0 bridgehead atoms. The molecule has 24 heavy (non-hydrogen) atoms. The minimum Gasteiger partial charge on any atom is -0.466 e. The zero-order chi connectivity index (χ0) is 17.4. The van der Waals surface area contributed by atoms with Crippen molar-refractivity contribution in [3.05, 3.63) is 48.0 Å². The molecule has 0 aromatic heterocycles. The van der Waals surface area contributed by atoms with E-state index in [4.69, 9.17) is 9.47 Å². The molecule has 0 unspecified atom stereocenters. The Labute approximate surface area is 142 Å². The van der Waals surface area contributed by atoms with E-state index in [9.17, 15) is 9.59 Å². The van der Waals surface area contributed by atoms with Crippen molar-refractivity contribution in [3.8, 4) is 0 Å². The highest BCUT2D eigenvalue weighted by atomic mass is 16.5. The molecule has 2 rings (SSSR count). The summed E-state index contributed by atoms with van der Waals surface area (Å²) in [6.45, 7) is 4.75. The van der Waals surface area contributed by atoms with Gasteiger partial charge in [0.25, 0.3) is 0 Å². The van der Waals surface area contributed by atoms with E-state index in [1.165, 1.54) is 0 Å². The fourth-order valence-corrected chi connectivity index (χ4v) is 2.25. The predicted molar refractivity (Wildman–Crippen MR) is 93.4 cm³/mol. The van der Waals surface area contributed by atoms with Gasteiger partial charge in [0, 0.05) is 0 Å². The summed E-state index contributed by atoms with van der Waals surface area (Å²) in [5, 5.41) is 2.26. The first-order valence-corrected chi connectivity index (χ1v) is 8.33. The van der Waals surface area contributed by atoms with Crippen LogP contribution < -0.4 is 0 Å². The summed E-state index contributed by atoms with van der Waals surface area (Å²) in [7, 11) is 0. The van der Waals surface area contributed by atoms with Gasteiger partial charge in [-0.1, -0.05) is 50.2 Å². The molecule has 4 heteroatoms. The van der Waals surface area contributed by atoms with Crippen molar-refractivity contribution < 1.29 is 19.1 Å². The maximum Gasteiger partial charge on any atom is 0.306 e. The highest BCUT2D eigenvalue weighted by Crippen LogP contribution is 2.16. The van der Waals surface area contributed by atoms with Gasteiger partial charge in [0.15, 0.2) is 0 Å². The first kappa shape index (κ1) is 18.0. The number of carbonyl (C=O) groups is 2. The zero-order valence-corrected chi connectivity index (χ0v) is 14.3. The Hall–Kier alpha value is -2.36. The minimum atomic E-state index is -0.385. The number of ether oxygens (including phenoxy) is 2. The minimum absolute atomic E-state index is 0.0497. The molecule has 2 aromatic carbocycles. The van der Waals surface area contributed by atoms with Gasteiger partial charge in [0.05, 0.1) is 19.4 Å². The average Bonchev–Trinajstić information content (AvgIpc) is 2.57. The van der Waals surface area contributed by atoms with Gasteiger partial charge in [-0.25, -0.2) is 0 Å². The van der Waals surface area contributed by atoms with Crippen LogP contribution in [0.4, 0.5) is 0 Å². The summed E-state index contributed by atoms with van der Waals surface area (Å²) in [5.41, 5.74) is 0.932. The number of hydrogen-bond acceptors (Lipinski definition) is 4. The first-order chi connectivity index (χ1) is 11.5. The van der Waals surface area contributed by atoms with E-state index >= 15 is 0 Å². The lowest BCUT2D eigenvalue weighted by Crippen LogP contribution is -2.11. The van der Waals surface area contributed by atoms with Crippen LogP contribution >= 0.6 is 0 Å². The van der Waals surface area contributed by atoms with E-state index in [0.717, 1.165) is 22.8 Å². The Kier molecular flexibility index (Phi) is 6.79. The lowest BCUT2D eigenvalue weighted by atomic mass is 10.1. The third-order valence-corrected chi connectivity index (χ3v) is 3.71. The molecule has 0 spiro atoms. The summed E-state index contributed by atoms with van der Waals surface area (Å²) in [6, 6.07) is 14.0. The van der Waals surface area contributed by atoms with E-state index in [0.29, 0.717) is 12.5 Å². The molecule has 0 N–H and O–H groups in total. The maximum absolute atomic E-state index is 11.7. The molecule has 0 radical (unpaired) electrons. The number of hydrogen-bond donors (Lipinski definition) is 0. The molecule has 2 aromatic rings. The Balaban J connectivity index is 1.71. The second kappa shape index (κ2) is 9.06. The van der Waals surface area contributed by atoms with Crippen molar-refractivity contribution in [2.75, 3.05) is 6.61 Å². The number of benzene rings is 2. The maximum atomic E-state index is 11.7. The molecule has 4 nitrogen and oxygen atoms in total. The SMILES string of the molecule is CC(C)CCOC(=O)CCC(=O)OCc1ccc2ccccc2c1. The molecule has 0 saturated carbocycles. The normalized spacial score (nSPS) is 10.8. The molecular weight excluding hydrogens is 304 g/mol. The zero-order valence-electron chi connectivity index (χ0n) is 14.3. The standard InChI is InChI=1S/C20H24O4/c1-15(2)11-12-23-19(21)9-10-20(22)24-14-16-7-8-17-5-3-4-6-18(17)13-16/h3-8,13,15H,9-12,14H2,1-2H3. The molecule has 128 valence electrons. The molecular formula is C20H24O4. The van der Waals surface area contributed by atoms with Crippen molar-refractivity contribution in [3.63, 3.8) is 0 Å². The Morgan fingerprint density at radius 2 is 1.58 bits per heavy atom. The van der Waals surface area contributed by atoms with Crippen LogP contribution in [0.1, 0.15) is 38.7 Å². The molecule has 0 aliphatic heterocycles. The van der Waals surface area contributed by atoms with Gasteiger partial charge in [-0.3, -0.25) is 9.59 Å². The topological polar surface area (TPSA) is 52.6 Å².